The number of nitrogens with one attached hydrogen (secondary N) is 1. The summed E-state index contributed by atoms with van der Waals surface area (Å²) in [6, 6.07) is 16.3. The summed E-state index contributed by atoms with van der Waals surface area (Å²) < 4.78 is 11.0. The lowest BCUT2D eigenvalue weighted by atomic mass is 10.1. The lowest BCUT2D eigenvalue weighted by molar-refractivity contribution is -0.152. The molecule has 0 saturated carbocycles. The molecule has 2 aromatic heterocycles. The average molecular weight is 480 g/mol. The van der Waals surface area contributed by atoms with Gasteiger partial charge in [-0.2, -0.15) is 0 Å². The smallest absolute Gasteiger partial charge is 0.317 e. The number of nitrogens with zero attached hydrogens (tertiary/aromatic N) is 2. The van der Waals surface area contributed by atoms with Gasteiger partial charge in [0.05, 0.1) is 18.6 Å². The third-order valence-electron chi connectivity index (χ3n) is 4.75. The quantitative estimate of drug-likeness (QED) is 0.215. The van der Waals surface area contributed by atoms with E-state index in [4.69, 9.17) is 9.47 Å². The number of hydrogen-bond donors (Lipinski definition) is 1. The van der Waals surface area contributed by atoms with E-state index >= 15 is 0 Å². The Morgan fingerprint density at radius 3 is 2.73 bits per heavy atom. The molecule has 2 aromatic carbocycles. The van der Waals surface area contributed by atoms with Crippen LogP contribution in [0.5, 0.6) is 5.75 Å². The number of anilines is 1. The zero-order chi connectivity index (χ0) is 23.2. The van der Waals surface area contributed by atoms with Crippen LogP contribution in [0.2, 0.25) is 0 Å². The topological polar surface area (TPSA) is 90.4 Å². The maximum atomic E-state index is 13.2. The third kappa shape index (κ3) is 5.50. The van der Waals surface area contributed by atoms with E-state index in [1.165, 1.54) is 36.5 Å². The van der Waals surface area contributed by atoms with E-state index in [1.807, 2.05) is 30.5 Å². The van der Waals surface area contributed by atoms with Gasteiger partial charge in [-0.15, -0.1) is 11.3 Å². The molecule has 168 valence electrons. The van der Waals surface area contributed by atoms with Crippen molar-refractivity contribution in [3.63, 3.8) is 0 Å². The molecule has 0 fully saturated rings. The maximum absolute atomic E-state index is 13.2. The van der Waals surface area contributed by atoms with Crippen LogP contribution in [0, 0.1) is 6.92 Å². The van der Waals surface area contributed by atoms with Gasteiger partial charge in [0.1, 0.15) is 21.9 Å². The first kappa shape index (κ1) is 22.8. The Balaban J connectivity index is 1.50. The summed E-state index contributed by atoms with van der Waals surface area (Å²) in [4.78, 5) is 35.2. The number of thioether (sulfide) groups is 1. The minimum absolute atomic E-state index is 0.00629. The number of aromatic nitrogens is 2. The lowest BCUT2D eigenvalue weighted by Gasteiger charge is -2.19. The van der Waals surface area contributed by atoms with Gasteiger partial charge in [0, 0.05) is 10.9 Å². The molecule has 0 radical (unpaired) electrons. The lowest BCUT2D eigenvalue weighted by Crippen LogP contribution is -2.26. The molecule has 33 heavy (non-hydrogen) atoms. The van der Waals surface area contributed by atoms with Gasteiger partial charge in [0.25, 0.3) is 5.91 Å². The molecule has 1 atom stereocenters. The maximum Gasteiger partial charge on any atom is 0.317 e. The van der Waals surface area contributed by atoms with E-state index in [0.29, 0.717) is 22.0 Å². The number of carbonyl (C=O) groups excluding carboxylic acids is 2. The number of thiophene rings is 1. The predicted molar refractivity (Wildman–Crippen MR) is 130 cm³/mol. The Hall–Kier alpha value is -3.43. The van der Waals surface area contributed by atoms with Crippen LogP contribution < -0.4 is 10.1 Å². The Labute approximate surface area is 199 Å². The van der Waals surface area contributed by atoms with Crippen molar-refractivity contribution in [2.24, 2.45) is 0 Å². The zero-order valence-corrected chi connectivity index (χ0v) is 19.6. The molecule has 7 nitrogen and oxygen atoms in total. The number of amides is 1. The number of rotatable bonds is 8. The van der Waals surface area contributed by atoms with Crippen LogP contribution in [-0.4, -0.2) is 34.7 Å². The molecule has 1 amide bonds. The molecule has 0 aliphatic heterocycles. The van der Waals surface area contributed by atoms with Crippen LogP contribution in [0.3, 0.4) is 0 Å². The van der Waals surface area contributed by atoms with Crippen LogP contribution >= 0.6 is 23.1 Å². The molecule has 1 unspecified atom stereocenters. The highest BCUT2D eigenvalue weighted by molar-refractivity contribution is 8.00. The summed E-state index contributed by atoms with van der Waals surface area (Å²) in [6.45, 7) is 1.92. The van der Waals surface area contributed by atoms with E-state index in [2.05, 4.69) is 15.3 Å². The summed E-state index contributed by atoms with van der Waals surface area (Å²) in [5.74, 6) is -0.467. The number of ether oxygens (including phenoxy) is 2. The van der Waals surface area contributed by atoms with Gasteiger partial charge in [-0.3, -0.25) is 9.59 Å². The Morgan fingerprint density at radius 1 is 1.12 bits per heavy atom. The first-order valence-corrected chi connectivity index (χ1v) is 11.9. The normalized spacial score (nSPS) is 11.7. The Bertz CT molecular complexity index is 1280. The first-order chi connectivity index (χ1) is 16.0. The Morgan fingerprint density at radius 2 is 1.94 bits per heavy atom. The van der Waals surface area contributed by atoms with Gasteiger partial charge in [0.2, 0.25) is 6.10 Å². The Kier molecular flexibility index (Phi) is 7.21. The number of aryl methyl sites for hydroxylation is 1. The van der Waals surface area contributed by atoms with E-state index in [-0.39, 0.29) is 5.75 Å². The van der Waals surface area contributed by atoms with Crippen molar-refractivity contribution in [2.75, 3.05) is 18.2 Å². The van der Waals surface area contributed by atoms with Crippen LogP contribution in [0.4, 0.5) is 5.69 Å². The highest BCUT2D eigenvalue weighted by Gasteiger charge is 2.26. The van der Waals surface area contributed by atoms with Crippen molar-refractivity contribution in [1.82, 2.24) is 9.97 Å². The largest absolute Gasteiger partial charge is 0.495 e. The number of methoxy groups -OCH3 is 1. The van der Waals surface area contributed by atoms with Crippen LogP contribution in [0.1, 0.15) is 17.2 Å². The van der Waals surface area contributed by atoms with Crippen molar-refractivity contribution < 1.29 is 19.1 Å². The number of esters is 1. The fourth-order valence-corrected chi connectivity index (χ4v) is 4.76. The van der Waals surface area contributed by atoms with Crippen LogP contribution in [0.15, 0.2) is 71.3 Å². The first-order valence-electron chi connectivity index (χ1n) is 10.1. The van der Waals surface area contributed by atoms with E-state index in [9.17, 15) is 9.59 Å². The van der Waals surface area contributed by atoms with Crippen molar-refractivity contribution in [3.8, 4) is 5.75 Å². The van der Waals surface area contributed by atoms with E-state index in [0.717, 1.165) is 15.8 Å². The van der Waals surface area contributed by atoms with Crippen molar-refractivity contribution in [3.05, 3.63) is 77.4 Å². The average Bonchev–Trinajstić information content (AvgIpc) is 3.31. The second-order valence-corrected chi connectivity index (χ2v) is 8.94. The van der Waals surface area contributed by atoms with Gasteiger partial charge < -0.3 is 14.8 Å². The molecular weight excluding hydrogens is 458 g/mol. The number of carbonyl (C=O) groups is 2. The number of fused-ring (bicyclic) bond motifs is 1. The van der Waals surface area contributed by atoms with Gasteiger partial charge in [0.15, 0.2) is 0 Å². The van der Waals surface area contributed by atoms with Gasteiger partial charge in [-0.1, -0.05) is 48.2 Å². The van der Waals surface area contributed by atoms with Crippen molar-refractivity contribution in [1.29, 1.82) is 0 Å². The SMILES string of the molecule is COc1ccc(C)cc1NC(=O)C(OC(=O)CSc1ncnc2sccc12)c1ccccc1. The van der Waals surface area contributed by atoms with E-state index < -0.39 is 18.0 Å². The summed E-state index contributed by atoms with van der Waals surface area (Å²) in [5, 5.41) is 6.35. The molecule has 4 aromatic rings. The minimum Gasteiger partial charge on any atom is -0.495 e. The summed E-state index contributed by atoms with van der Waals surface area (Å²) in [6.07, 6.45) is 0.359. The molecule has 0 aliphatic rings. The molecule has 0 saturated heterocycles. The molecule has 0 bridgehead atoms. The zero-order valence-electron chi connectivity index (χ0n) is 18.0. The number of benzene rings is 2. The predicted octanol–water partition coefficient (Wildman–Crippen LogP) is 5.02. The molecule has 1 N–H and O–H groups in total. The second kappa shape index (κ2) is 10.5. The third-order valence-corrected chi connectivity index (χ3v) is 6.55. The minimum atomic E-state index is -1.11. The number of hydrogen-bond acceptors (Lipinski definition) is 8. The van der Waals surface area contributed by atoms with Gasteiger partial charge in [-0.25, -0.2) is 9.97 Å². The van der Waals surface area contributed by atoms with Gasteiger partial charge >= 0.3 is 5.97 Å². The fraction of sp³-hybridized carbons (Fsp3) is 0.167. The second-order valence-electron chi connectivity index (χ2n) is 7.08. The van der Waals surface area contributed by atoms with Crippen molar-refractivity contribution >= 4 is 50.9 Å². The highest BCUT2D eigenvalue weighted by Crippen LogP contribution is 2.30. The van der Waals surface area contributed by atoms with E-state index in [1.54, 1.807) is 36.4 Å². The van der Waals surface area contributed by atoms with Crippen LogP contribution in [0.25, 0.3) is 10.2 Å². The molecule has 4 rings (SSSR count). The van der Waals surface area contributed by atoms with Gasteiger partial charge in [-0.05, 0) is 36.1 Å². The molecular formula is C24H21N3O4S2. The van der Waals surface area contributed by atoms with Crippen molar-refractivity contribution in [2.45, 2.75) is 18.1 Å². The summed E-state index contributed by atoms with van der Waals surface area (Å²) in [7, 11) is 1.53. The molecule has 2 heterocycles. The summed E-state index contributed by atoms with van der Waals surface area (Å²) >= 11 is 2.76. The standard InChI is InChI=1S/C24H21N3O4S2/c1-15-8-9-19(30-2)18(12-15)27-22(29)21(16-6-4-3-5-7-16)31-20(28)13-33-24-17-10-11-32-23(17)25-14-26-24/h3-12,14,21H,13H2,1-2H3,(H,27,29). The van der Waals surface area contributed by atoms with Crippen LogP contribution in [-0.2, 0) is 14.3 Å². The molecule has 0 aliphatic carbocycles. The fourth-order valence-electron chi connectivity index (χ4n) is 3.19. The molecule has 9 heteroatoms. The highest BCUT2D eigenvalue weighted by atomic mass is 32.2. The molecule has 0 spiro atoms. The summed E-state index contributed by atoms with van der Waals surface area (Å²) in [5.41, 5.74) is 2.04. The monoisotopic (exact) mass is 479 g/mol.